The molecule has 0 unspecified atom stereocenters. The van der Waals surface area contributed by atoms with Crippen LogP contribution in [0.15, 0.2) is 5.16 Å². The van der Waals surface area contributed by atoms with E-state index in [9.17, 15) is 4.79 Å². The van der Waals surface area contributed by atoms with Gasteiger partial charge in [0.2, 0.25) is 0 Å². The lowest BCUT2D eigenvalue weighted by Crippen LogP contribution is -2.25. The molecule has 0 fully saturated rings. The van der Waals surface area contributed by atoms with Crippen molar-refractivity contribution in [3.05, 3.63) is 0 Å². The Hall–Kier alpha value is -1.10. The number of nitrogens with one attached hydrogen (secondary N) is 1. The molecule has 0 saturated heterocycles. The largest absolute Gasteiger partial charge is 0.411 e. The van der Waals surface area contributed by atoms with E-state index in [0.717, 1.165) is 25.6 Å². The van der Waals surface area contributed by atoms with Crippen LogP contribution >= 0.6 is 0 Å². The normalized spacial score (nSPS) is 11.2. The van der Waals surface area contributed by atoms with Crippen LogP contribution in [0.4, 0.5) is 0 Å². The average Bonchev–Trinajstić information content (AvgIpc) is 2.27. The first-order chi connectivity index (χ1) is 8.16. The summed E-state index contributed by atoms with van der Waals surface area (Å²) in [5.74, 6) is -0.335. The maximum Gasteiger partial charge on any atom is 0.265 e. The maximum atomic E-state index is 10.9. The van der Waals surface area contributed by atoms with Crippen LogP contribution in [-0.2, 0) is 4.79 Å². The summed E-state index contributed by atoms with van der Waals surface area (Å²) in [6.07, 6.45) is 8.02. The van der Waals surface area contributed by atoms with Crippen molar-refractivity contribution < 1.29 is 10.0 Å². The molecule has 17 heavy (non-hydrogen) atoms. The molecule has 0 atom stereocenters. The fourth-order valence-electron chi connectivity index (χ4n) is 1.57. The monoisotopic (exact) mass is 243 g/mol. The molecular formula is C12H25N3O2. The van der Waals surface area contributed by atoms with Crippen molar-refractivity contribution in [3.63, 3.8) is 0 Å². The Morgan fingerprint density at radius 2 is 1.76 bits per heavy atom. The Balaban J connectivity index is 3.11. The first-order valence-corrected chi connectivity index (χ1v) is 6.27. The third-order valence-electron chi connectivity index (χ3n) is 2.51. The average molecular weight is 243 g/mol. The van der Waals surface area contributed by atoms with Gasteiger partial charge in [-0.2, -0.15) is 0 Å². The smallest absolute Gasteiger partial charge is 0.265 e. The molecule has 0 bridgehead atoms. The van der Waals surface area contributed by atoms with Gasteiger partial charge in [-0.1, -0.05) is 30.8 Å². The molecule has 0 aliphatic carbocycles. The predicted molar refractivity (Wildman–Crippen MR) is 69.5 cm³/mol. The molecular weight excluding hydrogens is 218 g/mol. The van der Waals surface area contributed by atoms with E-state index in [1.54, 1.807) is 0 Å². The molecule has 5 nitrogen and oxygen atoms in total. The molecule has 100 valence electrons. The second-order valence-electron chi connectivity index (χ2n) is 4.46. The minimum atomic E-state index is -0.335. The minimum absolute atomic E-state index is 0.335. The molecule has 0 rings (SSSR count). The van der Waals surface area contributed by atoms with E-state index >= 15 is 0 Å². The zero-order valence-corrected chi connectivity index (χ0v) is 11.0. The van der Waals surface area contributed by atoms with Crippen molar-refractivity contribution in [2.45, 2.75) is 38.5 Å². The summed E-state index contributed by atoms with van der Waals surface area (Å²) in [4.78, 5) is 13.1. The second-order valence-corrected chi connectivity index (χ2v) is 4.46. The van der Waals surface area contributed by atoms with Crippen LogP contribution in [0.1, 0.15) is 38.5 Å². The Labute approximate surface area is 104 Å². The van der Waals surface area contributed by atoms with Gasteiger partial charge in [0, 0.05) is 6.54 Å². The highest BCUT2D eigenvalue weighted by Crippen LogP contribution is 2.05. The molecule has 2 N–H and O–H groups in total. The zero-order valence-electron chi connectivity index (χ0n) is 11.0. The number of unbranched alkanes of at least 4 members (excludes halogenated alkanes) is 5. The van der Waals surface area contributed by atoms with Crippen LogP contribution in [0.2, 0.25) is 0 Å². The zero-order chi connectivity index (χ0) is 12.9. The van der Waals surface area contributed by atoms with Crippen LogP contribution in [0.5, 0.6) is 0 Å². The number of hydrogen-bond donors (Lipinski definition) is 2. The van der Waals surface area contributed by atoms with E-state index in [1.165, 1.54) is 25.7 Å². The summed E-state index contributed by atoms with van der Waals surface area (Å²) < 4.78 is 0. The first-order valence-electron chi connectivity index (χ1n) is 6.27. The summed E-state index contributed by atoms with van der Waals surface area (Å²) in [7, 11) is 4.19. The Kier molecular flexibility index (Phi) is 10.7. The Bertz CT molecular complexity index is 218. The van der Waals surface area contributed by atoms with Crippen LogP contribution in [-0.4, -0.2) is 49.4 Å². The van der Waals surface area contributed by atoms with Crippen molar-refractivity contribution in [1.82, 2.24) is 10.2 Å². The summed E-state index contributed by atoms with van der Waals surface area (Å²) >= 11 is 0. The van der Waals surface area contributed by atoms with Gasteiger partial charge >= 0.3 is 0 Å². The highest BCUT2D eigenvalue weighted by Gasteiger charge is 1.96. The third-order valence-corrected chi connectivity index (χ3v) is 2.51. The van der Waals surface area contributed by atoms with E-state index in [0.29, 0.717) is 6.54 Å². The van der Waals surface area contributed by atoms with Crippen molar-refractivity contribution in [2.75, 3.05) is 27.2 Å². The lowest BCUT2D eigenvalue weighted by molar-refractivity contribution is -0.114. The summed E-state index contributed by atoms with van der Waals surface area (Å²) in [6, 6.07) is 0. The van der Waals surface area contributed by atoms with Crippen LogP contribution in [0, 0.1) is 0 Å². The lowest BCUT2D eigenvalue weighted by Gasteiger charge is -2.08. The van der Waals surface area contributed by atoms with Crippen molar-refractivity contribution >= 4 is 12.1 Å². The molecule has 0 heterocycles. The molecule has 0 aromatic rings. The van der Waals surface area contributed by atoms with E-state index < -0.39 is 0 Å². The number of carbonyl (C=O) groups is 1. The number of rotatable bonds is 10. The summed E-state index contributed by atoms with van der Waals surface area (Å²) in [5, 5.41) is 13.4. The van der Waals surface area contributed by atoms with Crippen LogP contribution in [0.25, 0.3) is 0 Å². The predicted octanol–water partition coefficient (Wildman–Crippen LogP) is 1.46. The molecule has 5 heteroatoms. The van der Waals surface area contributed by atoms with Crippen molar-refractivity contribution in [1.29, 1.82) is 0 Å². The Morgan fingerprint density at radius 1 is 1.18 bits per heavy atom. The van der Waals surface area contributed by atoms with Crippen LogP contribution in [0.3, 0.4) is 0 Å². The molecule has 0 radical (unpaired) electrons. The third kappa shape index (κ3) is 12.8. The molecule has 0 aliphatic heterocycles. The van der Waals surface area contributed by atoms with Gasteiger partial charge in [0.15, 0.2) is 0 Å². The molecule has 0 aliphatic rings. The number of nitrogens with zero attached hydrogens (tertiary/aromatic N) is 2. The maximum absolute atomic E-state index is 10.9. The molecule has 0 aromatic carbocycles. The topological polar surface area (TPSA) is 64.9 Å². The van der Waals surface area contributed by atoms with E-state index in [-0.39, 0.29) is 5.91 Å². The fourth-order valence-corrected chi connectivity index (χ4v) is 1.57. The van der Waals surface area contributed by atoms with Gasteiger partial charge < -0.3 is 15.4 Å². The summed E-state index contributed by atoms with van der Waals surface area (Å²) in [6.45, 7) is 1.82. The van der Waals surface area contributed by atoms with Gasteiger partial charge in [0.1, 0.15) is 6.21 Å². The molecule has 0 saturated carbocycles. The van der Waals surface area contributed by atoms with E-state index in [4.69, 9.17) is 5.21 Å². The van der Waals surface area contributed by atoms with Crippen molar-refractivity contribution in [3.8, 4) is 0 Å². The molecule has 1 amide bonds. The van der Waals surface area contributed by atoms with Gasteiger partial charge in [-0.05, 0) is 33.5 Å². The quantitative estimate of drug-likeness (QED) is 0.264. The van der Waals surface area contributed by atoms with Gasteiger partial charge in [-0.25, -0.2) is 0 Å². The fraction of sp³-hybridized carbons (Fsp3) is 0.833. The van der Waals surface area contributed by atoms with Gasteiger partial charge in [0.05, 0.1) is 0 Å². The highest BCUT2D eigenvalue weighted by molar-refractivity contribution is 6.25. The molecule has 0 aromatic heterocycles. The van der Waals surface area contributed by atoms with Gasteiger partial charge in [0.25, 0.3) is 5.91 Å². The van der Waals surface area contributed by atoms with Crippen molar-refractivity contribution in [2.24, 2.45) is 5.16 Å². The SMILES string of the molecule is CN(C)CCCCCCCCNC(=O)/C=N\O. The molecule has 0 spiro atoms. The van der Waals surface area contributed by atoms with Crippen LogP contribution < -0.4 is 5.32 Å². The van der Waals surface area contributed by atoms with Gasteiger partial charge in [-0.15, -0.1) is 0 Å². The highest BCUT2D eigenvalue weighted by atomic mass is 16.4. The number of oxime groups is 1. The number of carbonyl (C=O) groups excluding carboxylic acids is 1. The Morgan fingerprint density at radius 3 is 2.35 bits per heavy atom. The number of hydrogen-bond acceptors (Lipinski definition) is 4. The van der Waals surface area contributed by atoms with E-state index in [1.807, 2.05) is 0 Å². The first kappa shape index (κ1) is 15.9. The van der Waals surface area contributed by atoms with E-state index in [2.05, 4.69) is 29.5 Å². The minimum Gasteiger partial charge on any atom is -0.411 e. The second kappa shape index (κ2) is 11.4. The lowest BCUT2D eigenvalue weighted by atomic mass is 10.1. The summed E-state index contributed by atoms with van der Waals surface area (Å²) in [5.41, 5.74) is 0. The number of amides is 1. The standard InChI is InChI=1S/C12H25N3O2/c1-15(2)10-8-6-4-3-5-7-9-13-12(16)11-14-17/h11,17H,3-10H2,1-2H3,(H,13,16)/b14-11-. The van der Waals surface area contributed by atoms with Gasteiger partial charge in [-0.3, -0.25) is 4.79 Å².